The molecule has 3 atom stereocenters. The van der Waals surface area contributed by atoms with Crippen molar-refractivity contribution < 1.29 is 9.84 Å². The summed E-state index contributed by atoms with van der Waals surface area (Å²) >= 11 is 0. The first-order valence-electron chi connectivity index (χ1n) is 7.00. The second kappa shape index (κ2) is 5.29. The molecule has 3 unspecified atom stereocenters. The van der Waals surface area contributed by atoms with Crippen LogP contribution in [0.3, 0.4) is 0 Å². The Kier molecular flexibility index (Phi) is 3.52. The minimum atomic E-state index is -0.208. The average molecular weight is 247 g/mol. The number of fused-ring (bicyclic) bond motifs is 1. The van der Waals surface area contributed by atoms with Crippen molar-refractivity contribution in [3.05, 3.63) is 29.8 Å². The quantitative estimate of drug-likeness (QED) is 0.789. The molecule has 1 heterocycles. The predicted octanol–water partition coefficient (Wildman–Crippen LogP) is 2.40. The van der Waals surface area contributed by atoms with E-state index in [0.29, 0.717) is 6.61 Å². The molecule has 0 spiro atoms. The lowest BCUT2D eigenvalue weighted by Gasteiger charge is -2.25. The molecule has 1 saturated carbocycles. The van der Waals surface area contributed by atoms with E-state index in [2.05, 4.69) is 11.4 Å². The zero-order valence-corrected chi connectivity index (χ0v) is 10.6. The number of rotatable bonds is 2. The van der Waals surface area contributed by atoms with Crippen molar-refractivity contribution >= 4 is 0 Å². The summed E-state index contributed by atoms with van der Waals surface area (Å²) in [6.45, 7) is 0.683. The zero-order valence-electron chi connectivity index (χ0n) is 10.6. The summed E-state index contributed by atoms with van der Waals surface area (Å²) < 4.78 is 5.67. The number of aliphatic hydroxyl groups is 1. The zero-order chi connectivity index (χ0) is 12.4. The second-order valence-electron chi connectivity index (χ2n) is 5.38. The van der Waals surface area contributed by atoms with Crippen molar-refractivity contribution in [2.75, 3.05) is 6.61 Å². The van der Waals surface area contributed by atoms with Crippen LogP contribution < -0.4 is 10.1 Å². The Morgan fingerprint density at radius 1 is 1.11 bits per heavy atom. The normalized spacial score (nSPS) is 31.5. The lowest BCUT2D eigenvalue weighted by atomic mass is 10.0. The van der Waals surface area contributed by atoms with Crippen LogP contribution in [-0.4, -0.2) is 23.9 Å². The maximum Gasteiger partial charge on any atom is 0.124 e. The van der Waals surface area contributed by atoms with Crippen LogP contribution in [0.2, 0.25) is 0 Å². The minimum absolute atomic E-state index is 0.208. The van der Waals surface area contributed by atoms with E-state index in [-0.39, 0.29) is 18.2 Å². The highest BCUT2D eigenvalue weighted by atomic mass is 16.5. The van der Waals surface area contributed by atoms with E-state index >= 15 is 0 Å². The maximum absolute atomic E-state index is 10.2. The molecule has 0 amide bonds. The molecule has 1 aliphatic carbocycles. The van der Waals surface area contributed by atoms with Crippen LogP contribution in [0.15, 0.2) is 24.3 Å². The van der Waals surface area contributed by atoms with Crippen molar-refractivity contribution in [2.45, 2.75) is 50.3 Å². The van der Waals surface area contributed by atoms with Crippen molar-refractivity contribution in [3.8, 4) is 5.75 Å². The van der Waals surface area contributed by atoms with Gasteiger partial charge in [-0.3, -0.25) is 0 Å². The molecular weight excluding hydrogens is 226 g/mol. The van der Waals surface area contributed by atoms with Crippen molar-refractivity contribution in [1.82, 2.24) is 5.32 Å². The van der Waals surface area contributed by atoms with Gasteiger partial charge >= 0.3 is 0 Å². The van der Waals surface area contributed by atoms with Gasteiger partial charge in [0.05, 0.1) is 12.1 Å². The number of hydrogen-bond acceptors (Lipinski definition) is 3. The topological polar surface area (TPSA) is 41.5 Å². The lowest BCUT2D eigenvalue weighted by molar-refractivity contribution is 0.111. The van der Waals surface area contributed by atoms with Crippen molar-refractivity contribution in [2.24, 2.45) is 0 Å². The number of nitrogens with one attached hydrogen (secondary N) is 1. The number of para-hydroxylation sites is 1. The van der Waals surface area contributed by atoms with Gasteiger partial charge in [-0.15, -0.1) is 0 Å². The van der Waals surface area contributed by atoms with Gasteiger partial charge in [0.1, 0.15) is 12.4 Å². The molecule has 2 aliphatic rings. The predicted molar refractivity (Wildman–Crippen MR) is 70.7 cm³/mol. The summed E-state index contributed by atoms with van der Waals surface area (Å²) in [5, 5.41) is 13.7. The largest absolute Gasteiger partial charge is 0.491 e. The lowest BCUT2D eigenvalue weighted by Crippen LogP contribution is -2.41. The molecule has 1 aromatic rings. The molecule has 98 valence electrons. The SMILES string of the molecule is OC1CCCCCC1NC1COc2ccccc21. The first-order chi connectivity index (χ1) is 8.84. The third-order valence-electron chi connectivity index (χ3n) is 4.09. The molecule has 3 rings (SSSR count). The number of ether oxygens (including phenoxy) is 1. The molecule has 0 saturated heterocycles. The van der Waals surface area contributed by atoms with Crippen LogP contribution in [0, 0.1) is 0 Å². The van der Waals surface area contributed by atoms with Gasteiger partial charge in [0, 0.05) is 11.6 Å². The van der Waals surface area contributed by atoms with Crippen LogP contribution >= 0.6 is 0 Å². The Hall–Kier alpha value is -1.06. The first-order valence-corrected chi connectivity index (χ1v) is 7.00. The Labute approximate surface area is 108 Å². The summed E-state index contributed by atoms with van der Waals surface area (Å²) in [4.78, 5) is 0. The number of benzene rings is 1. The summed E-state index contributed by atoms with van der Waals surface area (Å²) in [6.07, 6.45) is 5.39. The first kappa shape index (κ1) is 12.0. The van der Waals surface area contributed by atoms with Crippen LogP contribution in [0.4, 0.5) is 0 Å². The fourth-order valence-corrected chi connectivity index (χ4v) is 3.04. The van der Waals surface area contributed by atoms with E-state index in [9.17, 15) is 5.11 Å². The van der Waals surface area contributed by atoms with Crippen LogP contribution in [-0.2, 0) is 0 Å². The number of aliphatic hydroxyl groups excluding tert-OH is 1. The van der Waals surface area contributed by atoms with Gasteiger partial charge in [0.2, 0.25) is 0 Å². The van der Waals surface area contributed by atoms with Gasteiger partial charge in [-0.1, -0.05) is 37.5 Å². The van der Waals surface area contributed by atoms with Gasteiger partial charge in [-0.25, -0.2) is 0 Å². The third kappa shape index (κ3) is 2.38. The Morgan fingerprint density at radius 3 is 2.89 bits per heavy atom. The molecule has 0 bridgehead atoms. The van der Waals surface area contributed by atoms with E-state index in [1.54, 1.807) is 0 Å². The van der Waals surface area contributed by atoms with E-state index in [4.69, 9.17) is 4.74 Å². The molecule has 1 fully saturated rings. The van der Waals surface area contributed by atoms with Gasteiger partial charge < -0.3 is 15.2 Å². The molecule has 3 nitrogen and oxygen atoms in total. The molecule has 1 aromatic carbocycles. The highest BCUT2D eigenvalue weighted by Crippen LogP contribution is 2.33. The summed E-state index contributed by atoms with van der Waals surface area (Å²) in [7, 11) is 0. The maximum atomic E-state index is 10.2. The fourth-order valence-electron chi connectivity index (χ4n) is 3.04. The summed E-state index contributed by atoms with van der Waals surface area (Å²) in [5.74, 6) is 0.984. The molecule has 0 aromatic heterocycles. The van der Waals surface area contributed by atoms with Crippen LogP contribution in [0.1, 0.15) is 43.7 Å². The summed E-state index contributed by atoms with van der Waals surface area (Å²) in [6, 6.07) is 8.63. The van der Waals surface area contributed by atoms with Crippen molar-refractivity contribution in [3.63, 3.8) is 0 Å². The van der Waals surface area contributed by atoms with Crippen LogP contribution in [0.25, 0.3) is 0 Å². The molecule has 1 aliphatic heterocycles. The molecule has 3 heteroatoms. The van der Waals surface area contributed by atoms with E-state index < -0.39 is 0 Å². The van der Waals surface area contributed by atoms with Gasteiger partial charge in [-0.2, -0.15) is 0 Å². The smallest absolute Gasteiger partial charge is 0.124 e. The fraction of sp³-hybridized carbons (Fsp3) is 0.600. The average Bonchev–Trinajstić information content (AvgIpc) is 2.69. The highest BCUT2D eigenvalue weighted by molar-refractivity contribution is 5.39. The Morgan fingerprint density at radius 2 is 1.94 bits per heavy atom. The monoisotopic (exact) mass is 247 g/mol. The van der Waals surface area contributed by atoms with Gasteiger partial charge in [0.15, 0.2) is 0 Å². The standard InChI is InChI=1S/C15H21NO2/c17-14-8-3-1-2-7-12(14)16-13-10-18-15-9-5-4-6-11(13)15/h4-6,9,12-14,16-17H,1-3,7-8,10H2. The van der Waals surface area contributed by atoms with Crippen LogP contribution in [0.5, 0.6) is 5.75 Å². The molecular formula is C15H21NO2. The Balaban J connectivity index is 1.70. The molecule has 18 heavy (non-hydrogen) atoms. The van der Waals surface area contributed by atoms with E-state index in [1.807, 2.05) is 18.2 Å². The highest BCUT2D eigenvalue weighted by Gasteiger charge is 2.29. The summed E-state index contributed by atoms with van der Waals surface area (Å²) in [5.41, 5.74) is 1.23. The van der Waals surface area contributed by atoms with E-state index in [1.165, 1.54) is 18.4 Å². The van der Waals surface area contributed by atoms with Crippen molar-refractivity contribution in [1.29, 1.82) is 0 Å². The molecule has 2 N–H and O–H groups in total. The van der Waals surface area contributed by atoms with E-state index in [0.717, 1.165) is 25.0 Å². The number of hydrogen-bond donors (Lipinski definition) is 2. The van der Waals surface area contributed by atoms with Gasteiger partial charge in [0.25, 0.3) is 0 Å². The Bertz CT molecular complexity index is 407. The molecule has 0 radical (unpaired) electrons. The third-order valence-corrected chi connectivity index (χ3v) is 4.09. The van der Waals surface area contributed by atoms with Gasteiger partial charge in [-0.05, 0) is 18.9 Å². The minimum Gasteiger partial charge on any atom is -0.491 e. The second-order valence-corrected chi connectivity index (χ2v) is 5.38.